The largest absolute Gasteiger partial charge is 0.496 e. The molecular weight excluding hydrogens is 481 g/mol. The molecule has 2 atom stereocenters. The van der Waals surface area contributed by atoms with Crippen molar-refractivity contribution in [1.82, 2.24) is 5.32 Å². The molecule has 190 valence electrons. The lowest BCUT2D eigenvalue weighted by Gasteiger charge is -2.24. The summed E-state index contributed by atoms with van der Waals surface area (Å²) >= 11 is 0. The number of benzene rings is 3. The van der Waals surface area contributed by atoms with E-state index in [9.17, 15) is 19.0 Å². The van der Waals surface area contributed by atoms with E-state index in [0.717, 1.165) is 11.1 Å². The quantitative estimate of drug-likeness (QED) is 0.253. The van der Waals surface area contributed by atoms with Gasteiger partial charge in [-0.15, -0.1) is 0 Å². The Bertz CT molecular complexity index is 1170. The Morgan fingerprint density at radius 3 is 2.03 bits per heavy atom. The van der Waals surface area contributed by atoms with E-state index in [1.807, 2.05) is 48.5 Å². The summed E-state index contributed by atoms with van der Waals surface area (Å²) in [7, 11) is -2.57. The molecule has 2 N–H and O–H groups in total. The number of nitrogens with one attached hydrogen (secondary N) is 1. The van der Waals surface area contributed by atoms with Crippen molar-refractivity contribution in [2.75, 3.05) is 7.11 Å². The zero-order valence-corrected chi connectivity index (χ0v) is 20.9. The molecule has 8 nitrogen and oxygen atoms in total. The summed E-state index contributed by atoms with van der Waals surface area (Å²) in [6.07, 6.45) is -1.36. The zero-order valence-electron chi connectivity index (χ0n) is 20.0. The summed E-state index contributed by atoms with van der Waals surface area (Å²) in [6.45, 7) is 0.0929. The molecule has 0 saturated carbocycles. The standard InChI is InChI=1S/C27H30NO7P/c1-33-24-15-9-8-14-23(24)20-36(31,32)25(28-27(30)35-19-22-12-6-3-7-13-22)16-17-26(29)34-18-21-10-4-2-5-11-21/h2-15,25H,16-20H2,1H3,(H,28,30)(H,31,32). The van der Waals surface area contributed by atoms with Gasteiger partial charge < -0.3 is 24.4 Å². The third-order valence-electron chi connectivity index (χ3n) is 5.44. The van der Waals surface area contributed by atoms with Crippen LogP contribution < -0.4 is 10.1 Å². The number of hydrogen-bond acceptors (Lipinski definition) is 6. The highest BCUT2D eigenvalue weighted by molar-refractivity contribution is 7.57. The van der Waals surface area contributed by atoms with E-state index in [1.54, 1.807) is 36.4 Å². The summed E-state index contributed by atoms with van der Waals surface area (Å²) in [5, 5.41) is 2.49. The number of amides is 1. The second-order valence-electron chi connectivity index (χ2n) is 8.13. The van der Waals surface area contributed by atoms with E-state index in [2.05, 4.69) is 5.32 Å². The fourth-order valence-corrected chi connectivity index (χ4v) is 5.34. The number of ether oxygens (including phenoxy) is 3. The Morgan fingerprint density at radius 1 is 0.861 bits per heavy atom. The minimum atomic E-state index is -4.05. The molecule has 0 saturated heterocycles. The van der Waals surface area contributed by atoms with Gasteiger partial charge >= 0.3 is 12.1 Å². The first-order chi connectivity index (χ1) is 17.4. The highest BCUT2D eigenvalue weighted by atomic mass is 31.2. The average molecular weight is 512 g/mol. The molecule has 0 heterocycles. The number of alkyl carbamates (subject to hydrolysis) is 1. The molecule has 0 aliphatic heterocycles. The number of para-hydroxylation sites is 1. The van der Waals surface area contributed by atoms with Gasteiger partial charge in [-0.1, -0.05) is 78.9 Å². The molecule has 3 rings (SSSR count). The van der Waals surface area contributed by atoms with Gasteiger partial charge in [0.2, 0.25) is 7.37 Å². The molecule has 9 heteroatoms. The monoisotopic (exact) mass is 511 g/mol. The van der Waals surface area contributed by atoms with Gasteiger partial charge in [-0.2, -0.15) is 0 Å². The van der Waals surface area contributed by atoms with Crippen molar-refractivity contribution in [3.05, 3.63) is 102 Å². The smallest absolute Gasteiger partial charge is 0.408 e. The first-order valence-corrected chi connectivity index (χ1v) is 13.4. The van der Waals surface area contributed by atoms with Crippen molar-refractivity contribution in [1.29, 1.82) is 0 Å². The summed E-state index contributed by atoms with van der Waals surface area (Å²) in [5.74, 6) is -1.31. The lowest BCUT2D eigenvalue weighted by Crippen LogP contribution is -2.36. The summed E-state index contributed by atoms with van der Waals surface area (Å²) < 4.78 is 29.2. The average Bonchev–Trinajstić information content (AvgIpc) is 2.89. The minimum Gasteiger partial charge on any atom is -0.496 e. The summed E-state index contributed by atoms with van der Waals surface area (Å²) in [6, 6.07) is 25.1. The molecule has 0 aliphatic rings. The predicted octanol–water partition coefficient (Wildman–Crippen LogP) is 5.24. The van der Waals surface area contributed by atoms with Crippen molar-refractivity contribution in [2.45, 2.75) is 38.0 Å². The third-order valence-corrected chi connectivity index (χ3v) is 7.59. The molecule has 0 spiro atoms. The maximum absolute atomic E-state index is 13.4. The first-order valence-electron chi connectivity index (χ1n) is 11.5. The number of carbonyl (C=O) groups excluding carboxylic acids is 2. The molecule has 0 fully saturated rings. The zero-order chi connectivity index (χ0) is 25.8. The number of hydrogen-bond donors (Lipinski definition) is 2. The highest BCUT2D eigenvalue weighted by Crippen LogP contribution is 2.51. The topological polar surface area (TPSA) is 111 Å². The van der Waals surface area contributed by atoms with Gasteiger partial charge in [0.1, 0.15) is 24.7 Å². The fraction of sp³-hybridized carbons (Fsp3) is 0.259. The van der Waals surface area contributed by atoms with Crippen LogP contribution in [0.2, 0.25) is 0 Å². The number of carbonyl (C=O) groups is 2. The maximum Gasteiger partial charge on any atom is 0.408 e. The van der Waals surface area contributed by atoms with Crippen LogP contribution >= 0.6 is 7.37 Å². The predicted molar refractivity (Wildman–Crippen MR) is 136 cm³/mol. The van der Waals surface area contributed by atoms with E-state index in [4.69, 9.17) is 14.2 Å². The van der Waals surface area contributed by atoms with Crippen LogP contribution in [0.5, 0.6) is 5.75 Å². The van der Waals surface area contributed by atoms with E-state index in [0.29, 0.717) is 11.3 Å². The molecule has 0 aliphatic carbocycles. The van der Waals surface area contributed by atoms with E-state index in [1.165, 1.54) is 7.11 Å². The fourth-order valence-electron chi connectivity index (χ4n) is 3.53. The van der Waals surface area contributed by atoms with Crippen LogP contribution in [0.4, 0.5) is 4.79 Å². The van der Waals surface area contributed by atoms with Crippen molar-refractivity contribution < 1.29 is 33.3 Å². The van der Waals surface area contributed by atoms with Gasteiger partial charge in [-0.25, -0.2) is 4.79 Å². The third kappa shape index (κ3) is 8.56. The second kappa shape index (κ2) is 13.5. The summed E-state index contributed by atoms with van der Waals surface area (Å²) in [5.41, 5.74) is 2.12. The van der Waals surface area contributed by atoms with E-state index >= 15 is 0 Å². The minimum absolute atomic E-state index is 0.000743. The van der Waals surface area contributed by atoms with Crippen LogP contribution in [-0.4, -0.2) is 29.8 Å². The Balaban J connectivity index is 1.66. The highest BCUT2D eigenvalue weighted by Gasteiger charge is 2.34. The molecule has 3 aromatic carbocycles. The Kier molecular flexibility index (Phi) is 10.1. The van der Waals surface area contributed by atoms with Crippen LogP contribution in [0.25, 0.3) is 0 Å². The molecule has 0 bridgehead atoms. The van der Waals surface area contributed by atoms with Crippen LogP contribution in [0, 0.1) is 0 Å². The molecule has 36 heavy (non-hydrogen) atoms. The van der Waals surface area contributed by atoms with E-state index in [-0.39, 0.29) is 32.2 Å². The van der Waals surface area contributed by atoms with Gasteiger partial charge in [0.05, 0.1) is 13.3 Å². The lowest BCUT2D eigenvalue weighted by molar-refractivity contribution is -0.145. The van der Waals surface area contributed by atoms with Gasteiger partial charge in [0.15, 0.2) is 0 Å². The van der Waals surface area contributed by atoms with Crippen LogP contribution in [0.1, 0.15) is 29.5 Å². The van der Waals surface area contributed by atoms with Crippen molar-refractivity contribution in [3.8, 4) is 5.75 Å². The van der Waals surface area contributed by atoms with Gasteiger partial charge in [0, 0.05) is 12.0 Å². The van der Waals surface area contributed by atoms with Crippen molar-refractivity contribution in [3.63, 3.8) is 0 Å². The first kappa shape index (κ1) is 27.0. The molecule has 1 amide bonds. The summed E-state index contributed by atoms with van der Waals surface area (Å²) in [4.78, 5) is 35.8. The number of rotatable bonds is 12. The number of esters is 1. The van der Waals surface area contributed by atoms with Crippen LogP contribution in [0.15, 0.2) is 84.9 Å². The molecule has 3 aromatic rings. The van der Waals surface area contributed by atoms with E-state index < -0.39 is 25.2 Å². The second-order valence-corrected chi connectivity index (χ2v) is 10.6. The maximum atomic E-state index is 13.4. The molecule has 2 unspecified atom stereocenters. The van der Waals surface area contributed by atoms with Crippen LogP contribution in [-0.2, 0) is 38.2 Å². The van der Waals surface area contributed by atoms with Crippen molar-refractivity contribution in [2.24, 2.45) is 0 Å². The van der Waals surface area contributed by atoms with Gasteiger partial charge in [-0.3, -0.25) is 9.36 Å². The Labute approximate surface area is 210 Å². The van der Waals surface area contributed by atoms with Crippen molar-refractivity contribution >= 4 is 19.4 Å². The Hall–Kier alpha value is -3.61. The number of methoxy groups -OCH3 is 1. The van der Waals surface area contributed by atoms with Crippen LogP contribution in [0.3, 0.4) is 0 Å². The molecule has 0 radical (unpaired) electrons. The molecule has 0 aromatic heterocycles. The Morgan fingerprint density at radius 2 is 1.42 bits per heavy atom. The van der Waals surface area contributed by atoms with Gasteiger partial charge in [0.25, 0.3) is 0 Å². The van der Waals surface area contributed by atoms with Gasteiger partial charge in [-0.05, 0) is 23.6 Å². The lowest BCUT2D eigenvalue weighted by atomic mass is 10.2. The normalized spacial score (nSPS) is 13.2. The molecular formula is C27H30NO7P. The SMILES string of the molecule is COc1ccccc1CP(=O)(O)C(CCC(=O)OCc1ccccc1)NC(=O)OCc1ccccc1.